The monoisotopic (exact) mass is 287 g/mol. The van der Waals surface area contributed by atoms with Gasteiger partial charge in [-0.25, -0.2) is 4.39 Å². The summed E-state index contributed by atoms with van der Waals surface area (Å²) in [5.41, 5.74) is 0.174. The number of carbonyl (C=O) groups is 2. The molecule has 104 valence electrons. The lowest BCUT2D eigenvalue weighted by Gasteiger charge is -2.22. The number of rotatable bonds is 5. The normalized spacial score (nSPS) is 10.6. The second-order valence-corrected chi connectivity index (χ2v) is 5.01. The number of aliphatic carboxylic acids is 1. The van der Waals surface area contributed by atoms with Crippen molar-refractivity contribution in [2.45, 2.75) is 13.8 Å². The van der Waals surface area contributed by atoms with Gasteiger partial charge >= 0.3 is 5.97 Å². The first-order chi connectivity index (χ1) is 8.81. The number of halogens is 2. The Morgan fingerprint density at radius 3 is 2.53 bits per heavy atom. The van der Waals surface area contributed by atoms with Gasteiger partial charge in [0.1, 0.15) is 12.4 Å². The van der Waals surface area contributed by atoms with E-state index in [0.717, 1.165) is 6.07 Å². The molecule has 0 heterocycles. The third-order valence-electron chi connectivity index (χ3n) is 2.37. The molecule has 1 amide bonds. The van der Waals surface area contributed by atoms with Crippen molar-refractivity contribution in [3.8, 4) is 0 Å². The van der Waals surface area contributed by atoms with Crippen LogP contribution in [0.3, 0.4) is 0 Å². The Morgan fingerprint density at radius 1 is 1.42 bits per heavy atom. The Hall–Kier alpha value is -1.62. The fourth-order valence-electron chi connectivity index (χ4n) is 1.64. The molecule has 0 radical (unpaired) electrons. The van der Waals surface area contributed by atoms with E-state index in [1.165, 1.54) is 17.0 Å². The van der Waals surface area contributed by atoms with Crippen LogP contribution in [-0.2, 0) is 4.79 Å². The summed E-state index contributed by atoms with van der Waals surface area (Å²) in [5.74, 6) is -2.06. The molecule has 4 nitrogen and oxygen atoms in total. The van der Waals surface area contributed by atoms with Crippen molar-refractivity contribution < 1.29 is 19.1 Å². The van der Waals surface area contributed by atoms with Crippen LogP contribution in [0.2, 0.25) is 5.02 Å². The molecule has 1 aromatic rings. The summed E-state index contributed by atoms with van der Waals surface area (Å²) in [5, 5.41) is 8.65. The molecule has 0 saturated carbocycles. The fraction of sp³-hybridized carbons (Fsp3) is 0.385. The summed E-state index contributed by atoms with van der Waals surface area (Å²) in [6, 6.07) is 3.58. The number of nitrogens with zero attached hydrogens (tertiary/aromatic N) is 1. The lowest BCUT2D eigenvalue weighted by molar-refractivity contribution is -0.137. The molecule has 0 bridgehead atoms. The van der Waals surface area contributed by atoms with Gasteiger partial charge < -0.3 is 10.0 Å². The smallest absolute Gasteiger partial charge is 0.323 e. The second-order valence-electron chi connectivity index (χ2n) is 4.60. The van der Waals surface area contributed by atoms with Crippen molar-refractivity contribution >= 4 is 23.5 Å². The van der Waals surface area contributed by atoms with Gasteiger partial charge in [0, 0.05) is 12.1 Å². The fourth-order valence-corrected chi connectivity index (χ4v) is 1.82. The highest BCUT2D eigenvalue weighted by Gasteiger charge is 2.20. The number of hydrogen-bond acceptors (Lipinski definition) is 2. The van der Waals surface area contributed by atoms with Crippen LogP contribution < -0.4 is 0 Å². The van der Waals surface area contributed by atoms with Crippen molar-refractivity contribution in [3.63, 3.8) is 0 Å². The van der Waals surface area contributed by atoms with Crippen LogP contribution in [-0.4, -0.2) is 35.0 Å². The summed E-state index contributed by atoms with van der Waals surface area (Å²) in [6.07, 6.45) is 0. The standard InChI is InChI=1S/C13H15ClFNO3/c1-8(2)6-16(7-12(17)18)13(19)9-3-4-11(15)10(14)5-9/h3-5,8H,6-7H2,1-2H3,(H,17,18). The number of amides is 1. The highest BCUT2D eigenvalue weighted by atomic mass is 35.5. The topological polar surface area (TPSA) is 57.6 Å². The van der Waals surface area contributed by atoms with E-state index >= 15 is 0 Å². The minimum Gasteiger partial charge on any atom is -0.480 e. The van der Waals surface area contributed by atoms with E-state index in [9.17, 15) is 14.0 Å². The van der Waals surface area contributed by atoms with Gasteiger partial charge in [-0.1, -0.05) is 25.4 Å². The first kappa shape index (κ1) is 15.4. The number of benzene rings is 1. The third-order valence-corrected chi connectivity index (χ3v) is 2.66. The van der Waals surface area contributed by atoms with Crippen LogP contribution in [0.15, 0.2) is 18.2 Å². The maximum Gasteiger partial charge on any atom is 0.323 e. The Kier molecular flexibility index (Phi) is 5.30. The van der Waals surface area contributed by atoms with E-state index in [1.54, 1.807) is 0 Å². The Labute approximate surface area is 115 Å². The van der Waals surface area contributed by atoms with Gasteiger partial charge in [-0.3, -0.25) is 9.59 Å². The van der Waals surface area contributed by atoms with Crippen molar-refractivity contribution in [3.05, 3.63) is 34.6 Å². The van der Waals surface area contributed by atoms with Gasteiger partial charge in [0.25, 0.3) is 5.91 Å². The summed E-state index contributed by atoms with van der Waals surface area (Å²) in [6.45, 7) is 3.66. The first-order valence-electron chi connectivity index (χ1n) is 5.77. The minimum atomic E-state index is -1.10. The Balaban J connectivity index is 2.97. The molecule has 6 heteroatoms. The largest absolute Gasteiger partial charge is 0.480 e. The zero-order valence-electron chi connectivity index (χ0n) is 10.7. The molecule has 1 aromatic carbocycles. The molecule has 0 aromatic heterocycles. The molecule has 1 rings (SSSR count). The van der Waals surface area contributed by atoms with Gasteiger partial charge in [-0.05, 0) is 24.1 Å². The van der Waals surface area contributed by atoms with Gasteiger partial charge in [-0.2, -0.15) is 0 Å². The van der Waals surface area contributed by atoms with Gasteiger partial charge in [-0.15, -0.1) is 0 Å². The zero-order valence-corrected chi connectivity index (χ0v) is 11.4. The molecule has 0 aliphatic heterocycles. The molecule has 19 heavy (non-hydrogen) atoms. The van der Waals surface area contributed by atoms with Crippen LogP contribution in [0.25, 0.3) is 0 Å². The second kappa shape index (κ2) is 6.52. The molecule has 0 aliphatic rings. The number of carboxylic acid groups (broad SMARTS) is 1. The van der Waals surface area contributed by atoms with Crippen LogP contribution >= 0.6 is 11.6 Å². The van der Waals surface area contributed by atoms with Crippen molar-refractivity contribution in [1.29, 1.82) is 0 Å². The van der Waals surface area contributed by atoms with Crippen molar-refractivity contribution in [2.75, 3.05) is 13.1 Å². The summed E-state index contributed by atoms with van der Waals surface area (Å²) < 4.78 is 13.0. The molecule has 1 N–H and O–H groups in total. The lowest BCUT2D eigenvalue weighted by atomic mass is 10.1. The highest BCUT2D eigenvalue weighted by Crippen LogP contribution is 2.17. The average Bonchev–Trinajstić information content (AvgIpc) is 2.29. The third kappa shape index (κ3) is 4.52. The van der Waals surface area contributed by atoms with Crippen LogP contribution in [0.5, 0.6) is 0 Å². The first-order valence-corrected chi connectivity index (χ1v) is 6.15. The minimum absolute atomic E-state index is 0.124. The molecule has 0 aliphatic carbocycles. The Bertz CT molecular complexity index is 491. The van der Waals surface area contributed by atoms with Gasteiger partial charge in [0.05, 0.1) is 5.02 Å². The number of carbonyl (C=O) groups excluding carboxylic acids is 1. The quantitative estimate of drug-likeness (QED) is 0.906. The zero-order chi connectivity index (χ0) is 14.6. The molecular formula is C13H15ClFNO3. The molecular weight excluding hydrogens is 273 g/mol. The highest BCUT2D eigenvalue weighted by molar-refractivity contribution is 6.31. The summed E-state index contributed by atoms with van der Waals surface area (Å²) >= 11 is 5.61. The van der Waals surface area contributed by atoms with E-state index in [2.05, 4.69) is 0 Å². The summed E-state index contributed by atoms with van der Waals surface area (Å²) in [4.78, 5) is 24.1. The van der Waals surface area contributed by atoms with Crippen molar-refractivity contribution in [1.82, 2.24) is 4.90 Å². The lowest BCUT2D eigenvalue weighted by Crippen LogP contribution is -2.38. The van der Waals surface area contributed by atoms with E-state index in [-0.39, 0.29) is 16.5 Å². The van der Waals surface area contributed by atoms with Gasteiger partial charge in [0.15, 0.2) is 0 Å². The van der Waals surface area contributed by atoms with E-state index in [0.29, 0.717) is 6.54 Å². The number of hydrogen-bond donors (Lipinski definition) is 1. The van der Waals surface area contributed by atoms with Crippen molar-refractivity contribution in [2.24, 2.45) is 5.92 Å². The molecule has 0 saturated heterocycles. The maximum atomic E-state index is 13.0. The molecule has 0 fully saturated rings. The predicted molar refractivity (Wildman–Crippen MR) is 69.8 cm³/mol. The van der Waals surface area contributed by atoms with Crippen LogP contribution in [0.1, 0.15) is 24.2 Å². The average molecular weight is 288 g/mol. The number of carboxylic acids is 1. The van der Waals surface area contributed by atoms with Crippen LogP contribution in [0, 0.1) is 11.7 Å². The van der Waals surface area contributed by atoms with E-state index < -0.39 is 24.2 Å². The van der Waals surface area contributed by atoms with Gasteiger partial charge in [0.2, 0.25) is 0 Å². The molecule has 0 spiro atoms. The molecule has 0 unspecified atom stereocenters. The maximum absolute atomic E-state index is 13.0. The Morgan fingerprint density at radius 2 is 2.05 bits per heavy atom. The summed E-state index contributed by atoms with van der Waals surface area (Å²) in [7, 11) is 0. The van der Waals surface area contributed by atoms with Crippen LogP contribution in [0.4, 0.5) is 4.39 Å². The predicted octanol–water partition coefficient (Wildman–Crippen LogP) is 2.66. The van der Waals surface area contributed by atoms with E-state index in [4.69, 9.17) is 16.7 Å². The SMILES string of the molecule is CC(C)CN(CC(=O)O)C(=O)c1ccc(F)c(Cl)c1. The van der Waals surface area contributed by atoms with E-state index in [1.807, 2.05) is 13.8 Å². The molecule has 0 atom stereocenters.